The smallest absolute Gasteiger partial charge is 0.432 e. The van der Waals surface area contributed by atoms with Crippen molar-refractivity contribution < 1.29 is 22.3 Å². The van der Waals surface area contributed by atoms with Gasteiger partial charge in [-0.05, 0) is 18.2 Å². The average molecular weight is 338 g/mol. The van der Waals surface area contributed by atoms with Crippen LogP contribution in [0.1, 0.15) is 5.69 Å². The van der Waals surface area contributed by atoms with Crippen molar-refractivity contribution in [2.24, 2.45) is 0 Å². The van der Waals surface area contributed by atoms with Crippen LogP contribution in [0.25, 0.3) is 11.5 Å². The molecule has 3 rings (SSSR count). The van der Waals surface area contributed by atoms with Gasteiger partial charge >= 0.3 is 6.18 Å². The normalized spacial score (nSPS) is 11.5. The molecule has 124 valence electrons. The highest BCUT2D eigenvalue weighted by molar-refractivity contribution is 5.53. The van der Waals surface area contributed by atoms with Crippen molar-refractivity contribution in [1.82, 2.24) is 15.0 Å². The van der Waals surface area contributed by atoms with Crippen LogP contribution in [0.3, 0.4) is 0 Å². The molecule has 0 saturated heterocycles. The van der Waals surface area contributed by atoms with Crippen LogP contribution in [-0.4, -0.2) is 15.0 Å². The summed E-state index contributed by atoms with van der Waals surface area (Å²) < 4.78 is 56.6. The lowest BCUT2D eigenvalue weighted by molar-refractivity contribution is -0.140. The highest BCUT2D eigenvalue weighted by Gasteiger charge is 2.33. The third kappa shape index (κ3) is 3.29. The van der Waals surface area contributed by atoms with Crippen LogP contribution in [0.15, 0.2) is 42.7 Å². The Morgan fingerprint density at radius 3 is 2.46 bits per heavy atom. The lowest BCUT2D eigenvalue weighted by Gasteiger charge is -2.07. The monoisotopic (exact) mass is 338 g/mol. The SMILES string of the molecule is Nc1ccc(Oc2ccnc(-c3ncc(C(F)(F)F)[nH]3)c2)cc1F. The Hall–Kier alpha value is -3.10. The maximum atomic E-state index is 13.4. The van der Waals surface area contributed by atoms with E-state index in [1.165, 1.54) is 30.5 Å². The molecule has 3 aromatic rings. The van der Waals surface area contributed by atoms with Gasteiger partial charge < -0.3 is 15.5 Å². The number of aromatic amines is 1. The van der Waals surface area contributed by atoms with Crippen LogP contribution in [-0.2, 0) is 6.18 Å². The van der Waals surface area contributed by atoms with Crippen LogP contribution >= 0.6 is 0 Å². The van der Waals surface area contributed by atoms with E-state index in [4.69, 9.17) is 10.5 Å². The van der Waals surface area contributed by atoms with E-state index < -0.39 is 17.7 Å². The zero-order valence-corrected chi connectivity index (χ0v) is 11.9. The molecule has 0 spiro atoms. The zero-order chi connectivity index (χ0) is 17.3. The molecule has 0 unspecified atom stereocenters. The molecule has 1 aromatic carbocycles. The minimum atomic E-state index is -4.53. The summed E-state index contributed by atoms with van der Waals surface area (Å²) in [6.07, 6.45) is -2.51. The number of benzene rings is 1. The van der Waals surface area contributed by atoms with Gasteiger partial charge in [0.05, 0.1) is 11.9 Å². The van der Waals surface area contributed by atoms with Crippen molar-refractivity contribution in [2.75, 3.05) is 5.73 Å². The molecule has 0 aliphatic carbocycles. The first kappa shape index (κ1) is 15.8. The van der Waals surface area contributed by atoms with Crippen molar-refractivity contribution >= 4 is 5.69 Å². The summed E-state index contributed by atoms with van der Waals surface area (Å²) in [4.78, 5) is 9.75. The maximum Gasteiger partial charge on any atom is 0.432 e. The number of rotatable bonds is 3. The Kier molecular flexibility index (Phi) is 3.84. The maximum absolute atomic E-state index is 13.4. The molecule has 0 aliphatic rings. The number of alkyl halides is 3. The second kappa shape index (κ2) is 5.84. The number of pyridine rings is 1. The van der Waals surface area contributed by atoms with Gasteiger partial charge in [0.2, 0.25) is 0 Å². The Bertz CT molecular complexity index is 876. The fourth-order valence-corrected chi connectivity index (χ4v) is 1.91. The van der Waals surface area contributed by atoms with Crippen molar-refractivity contribution in [1.29, 1.82) is 0 Å². The summed E-state index contributed by atoms with van der Waals surface area (Å²) in [5.74, 6) is -0.248. The molecule has 3 N–H and O–H groups in total. The number of aromatic nitrogens is 3. The second-order valence-corrected chi connectivity index (χ2v) is 4.81. The van der Waals surface area contributed by atoms with Crippen LogP contribution < -0.4 is 10.5 Å². The van der Waals surface area contributed by atoms with Gasteiger partial charge in [-0.1, -0.05) is 0 Å². The summed E-state index contributed by atoms with van der Waals surface area (Å²) in [7, 11) is 0. The largest absolute Gasteiger partial charge is 0.457 e. The average Bonchev–Trinajstić information content (AvgIpc) is 3.01. The summed E-state index contributed by atoms with van der Waals surface area (Å²) in [5, 5.41) is 0. The van der Waals surface area contributed by atoms with E-state index in [2.05, 4.69) is 15.0 Å². The molecule has 0 amide bonds. The van der Waals surface area contributed by atoms with Crippen molar-refractivity contribution in [3.8, 4) is 23.0 Å². The van der Waals surface area contributed by atoms with E-state index in [-0.39, 0.29) is 28.7 Å². The molecule has 2 aromatic heterocycles. The fraction of sp³-hybridized carbons (Fsp3) is 0.0667. The molecule has 0 atom stereocenters. The molecule has 9 heteroatoms. The van der Waals surface area contributed by atoms with Gasteiger partial charge in [-0.2, -0.15) is 13.2 Å². The van der Waals surface area contributed by atoms with Gasteiger partial charge in [-0.3, -0.25) is 4.98 Å². The van der Waals surface area contributed by atoms with E-state index in [1.54, 1.807) is 0 Å². The summed E-state index contributed by atoms with van der Waals surface area (Å²) in [5.41, 5.74) is 4.53. The summed E-state index contributed by atoms with van der Waals surface area (Å²) in [6.45, 7) is 0. The Labute approximate surface area is 133 Å². The van der Waals surface area contributed by atoms with Gasteiger partial charge in [-0.25, -0.2) is 9.37 Å². The van der Waals surface area contributed by atoms with Gasteiger partial charge in [0.25, 0.3) is 0 Å². The molecule has 0 aliphatic heterocycles. The number of imidazole rings is 1. The molecule has 0 fully saturated rings. The zero-order valence-electron chi connectivity index (χ0n) is 11.9. The van der Waals surface area contributed by atoms with Crippen LogP contribution in [0.4, 0.5) is 23.2 Å². The number of hydrogen-bond donors (Lipinski definition) is 2. The van der Waals surface area contributed by atoms with Gasteiger partial charge in [-0.15, -0.1) is 0 Å². The first-order valence-corrected chi connectivity index (χ1v) is 6.64. The third-order valence-corrected chi connectivity index (χ3v) is 3.06. The number of anilines is 1. The molecule has 5 nitrogen and oxygen atoms in total. The summed E-state index contributed by atoms with van der Waals surface area (Å²) in [6, 6.07) is 6.77. The van der Waals surface area contributed by atoms with E-state index >= 15 is 0 Å². The Morgan fingerprint density at radius 2 is 1.79 bits per heavy atom. The quantitative estimate of drug-likeness (QED) is 0.559. The van der Waals surface area contributed by atoms with Gasteiger partial charge in [0.1, 0.15) is 28.7 Å². The fourth-order valence-electron chi connectivity index (χ4n) is 1.91. The molecule has 0 bridgehead atoms. The van der Waals surface area contributed by atoms with Crippen molar-refractivity contribution in [2.45, 2.75) is 6.18 Å². The van der Waals surface area contributed by atoms with E-state index in [1.807, 2.05) is 0 Å². The number of halogens is 4. The number of nitrogen functional groups attached to an aromatic ring is 1. The first-order chi connectivity index (χ1) is 11.3. The van der Waals surface area contributed by atoms with Crippen LogP contribution in [0.2, 0.25) is 0 Å². The number of nitrogens with one attached hydrogen (secondary N) is 1. The third-order valence-electron chi connectivity index (χ3n) is 3.06. The summed E-state index contributed by atoms with van der Waals surface area (Å²) >= 11 is 0. The molecule has 24 heavy (non-hydrogen) atoms. The Balaban J connectivity index is 1.86. The lowest BCUT2D eigenvalue weighted by atomic mass is 10.3. The molecular formula is C15H10F4N4O. The highest BCUT2D eigenvalue weighted by Crippen LogP contribution is 2.30. The molecule has 0 saturated carbocycles. The van der Waals surface area contributed by atoms with Crippen molar-refractivity contribution in [3.63, 3.8) is 0 Å². The number of nitrogens with two attached hydrogens (primary N) is 1. The molecule has 2 heterocycles. The van der Waals surface area contributed by atoms with Crippen LogP contribution in [0, 0.1) is 5.82 Å². The predicted molar refractivity (Wildman–Crippen MR) is 77.7 cm³/mol. The minimum absolute atomic E-state index is 0.0203. The minimum Gasteiger partial charge on any atom is -0.457 e. The van der Waals surface area contributed by atoms with Crippen LogP contribution in [0.5, 0.6) is 11.5 Å². The van der Waals surface area contributed by atoms with Gasteiger partial charge in [0, 0.05) is 18.3 Å². The number of H-pyrrole nitrogens is 1. The second-order valence-electron chi connectivity index (χ2n) is 4.81. The predicted octanol–water partition coefficient (Wildman–Crippen LogP) is 4.00. The molecule has 0 radical (unpaired) electrons. The number of nitrogens with zero attached hydrogens (tertiary/aromatic N) is 2. The number of ether oxygens (including phenoxy) is 1. The lowest BCUT2D eigenvalue weighted by Crippen LogP contribution is -2.04. The van der Waals surface area contributed by atoms with Gasteiger partial charge in [0.15, 0.2) is 5.82 Å². The highest BCUT2D eigenvalue weighted by atomic mass is 19.4. The first-order valence-electron chi connectivity index (χ1n) is 6.64. The topological polar surface area (TPSA) is 76.8 Å². The number of hydrogen-bond acceptors (Lipinski definition) is 4. The standard InChI is InChI=1S/C15H10F4N4O/c16-10-5-8(1-2-11(10)20)24-9-3-4-21-12(6-9)14-22-7-13(23-14)15(17,18)19/h1-7H,20H2,(H,22,23). The van der Waals surface area contributed by atoms with E-state index in [9.17, 15) is 17.6 Å². The van der Waals surface area contributed by atoms with Crippen molar-refractivity contribution in [3.05, 3.63) is 54.2 Å². The van der Waals surface area contributed by atoms with E-state index in [0.29, 0.717) is 6.20 Å². The van der Waals surface area contributed by atoms with E-state index in [0.717, 1.165) is 6.07 Å². The molecular weight excluding hydrogens is 328 g/mol. The Morgan fingerprint density at radius 1 is 1.04 bits per heavy atom.